The van der Waals surface area contributed by atoms with Crippen molar-refractivity contribution < 1.29 is 28.2 Å². The number of para-hydroxylation sites is 2. The van der Waals surface area contributed by atoms with E-state index in [0.29, 0.717) is 40.7 Å². The minimum Gasteiger partial charge on any atom is -0.495 e. The Balaban J connectivity index is 1.62. The molecule has 0 radical (unpaired) electrons. The number of halogens is 2. The molecule has 0 spiro atoms. The zero-order chi connectivity index (χ0) is 25.2. The number of anilines is 1. The van der Waals surface area contributed by atoms with Gasteiger partial charge in [0, 0.05) is 5.56 Å². The van der Waals surface area contributed by atoms with Gasteiger partial charge < -0.3 is 19.5 Å². The van der Waals surface area contributed by atoms with Crippen molar-refractivity contribution >= 4 is 35.3 Å². The zero-order valence-electron chi connectivity index (χ0n) is 19.0. The van der Waals surface area contributed by atoms with Crippen LogP contribution in [-0.2, 0) is 16.2 Å². The lowest BCUT2D eigenvalue weighted by Gasteiger charge is -2.13. The summed E-state index contributed by atoms with van der Waals surface area (Å²) < 4.78 is 29.8. The van der Waals surface area contributed by atoms with Crippen molar-refractivity contribution in [2.75, 3.05) is 19.0 Å². The number of hydrazone groups is 1. The van der Waals surface area contributed by atoms with Gasteiger partial charge in [-0.05, 0) is 55.0 Å². The van der Waals surface area contributed by atoms with E-state index in [1.165, 1.54) is 25.5 Å². The van der Waals surface area contributed by atoms with E-state index in [9.17, 15) is 14.0 Å². The molecule has 2 amide bonds. The molecule has 2 N–H and O–H groups in total. The molecule has 0 saturated heterocycles. The first-order valence-corrected chi connectivity index (χ1v) is 10.9. The number of rotatable bonds is 9. The van der Waals surface area contributed by atoms with Crippen LogP contribution in [0.1, 0.15) is 18.1 Å². The predicted octanol–water partition coefficient (Wildman–Crippen LogP) is 4.55. The van der Waals surface area contributed by atoms with Gasteiger partial charge in [0.2, 0.25) is 0 Å². The SMILES string of the molecule is CCOc1cc(/C=N/NC(=O)C(=O)Nc2ccccc2OC)ccc1OCc1ccc(F)cc1Cl. The second kappa shape index (κ2) is 12.4. The van der Waals surface area contributed by atoms with E-state index >= 15 is 0 Å². The summed E-state index contributed by atoms with van der Waals surface area (Å²) in [7, 11) is 1.46. The Morgan fingerprint density at radius 3 is 2.54 bits per heavy atom. The molecule has 0 aliphatic rings. The summed E-state index contributed by atoms with van der Waals surface area (Å²) in [6.45, 7) is 2.32. The Labute approximate surface area is 206 Å². The third kappa shape index (κ3) is 7.18. The van der Waals surface area contributed by atoms with E-state index in [4.69, 9.17) is 25.8 Å². The molecule has 0 aromatic heterocycles. The molecule has 0 heterocycles. The summed E-state index contributed by atoms with van der Waals surface area (Å²) in [6.07, 6.45) is 1.36. The van der Waals surface area contributed by atoms with Crippen LogP contribution in [0.4, 0.5) is 10.1 Å². The van der Waals surface area contributed by atoms with E-state index < -0.39 is 17.6 Å². The van der Waals surface area contributed by atoms with Gasteiger partial charge in [0.15, 0.2) is 11.5 Å². The van der Waals surface area contributed by atoms with Gasteiger partial charge >= 0.3 is 11.8 Å². The first kappa shape index (κ1) is 25.5. The number of amides is 2. The number of benzene rings is 3. The molecule has 0 fully saturated rings. The summed E-state index contributed by atoms with van der Waals surface area (Å²) in [6, 6.07) is 15.8. The molecule has 3 aromatic rings. The number of ether oxygens (including phenoxy) is 3. The van der Waals surface area contributed by atoms with Crippen molar-refractivity contribution in [2.45, 2.75) is 13.5 Å². The normalized spacial score (nSPS) is 10.6. The minimum atomic E-state index is -0.951. The maximum atomic E-state index is 13.2. The average Bonchev–Trinajstić information content (AvgIpc) is 2.85. The standard InChI is InChI=1S/C25H23ClFN3O5/c1-3-34-23-12-16(8-11-22(23)35-15-17-9-10-18(27)13-19(17)26)14-28-30-25(32)24(31)29-20-6-4-5-7-21(20)33-2/h4-14H,3,15H2,1-2H3,(H,29,31)(H,30,32)/b28-14+. The summed E-state index contributed by atoms with van der Waals surface area (Å²) in [5.74, 6) is -0.968. The Morgan fingerprint density at radius 1 is 1.00 bits per heavy atom. The van der Waals surface area contributed by atoms with Crippen molar-refractivity contribution in [2.24, 2.45) is 5.10 Å². The number of carbonyl (C=O) groups excluding carboxylic acids is 2. The van der Waals surface area contributed by atoms with Gasteiger partial charge in [-0.2, -0.15) is 5.10 Å². The van der Waals surface area contributed by atoms with E-state index in [1.807, 2.05) is 6.92 Å². The third-order valence-corrected chi connectivity index (χ3v) is 4.96. The molecule has 0 unspecified atom stereocenters. The van der Waals surface area contributed by atoms with Crippen molar-refractivity contribution in [1.82, 2.24) is 5.43 Å². The maximum absolute atomic E-state index is 13.2. The van der Waals surface area contributed by atoms with Crippen LogP contribution < -0.4 is 25.0 Å². The fourth-order valence-corrected chi connectivity index (χ4v) is 3.15. The number of nitrogens with one attached hydrogen (secondary N) is 2. The third-order valence-electron chi connectivity index (χ3n) is 4.61. The zero-order valence-corrected chi connectivity index (χ0v) is 19.8. The monoisotopic (exact) mass is 499 g/mol. The lowest BCUT2D eigenvalue weighted by Crippen LogP contribution is -2.32. The quantitative estimate of drug-likeness (QED) is 0.255. The number of methoxy groups -OCH3 is 1. The maximum Gasteiger partial charge on any atom is 0.329 e. The molecule has 3 rings (SSSR count). The van der Waals surface area contributed by atoms with Crippen LogP contribution in [0.3, 0.4) is 0 Å². The van der Waals surface area contributed by atoms with Crippen LogP contribution in [0, 0.1) is 5.82 Å². The van der Waals surface area contributed by atoms with Crippen molar-refractivity contribution in [3.8, 4) is 17.2 Å². The van der Waals surface area contributed by atoms with Gasteiger partial charge in [-0.25, -0.2) is 9.82 Å². The van der Waals surface area contributed by atoms with Gasteiger partial charge in [-0.15, -0.1) is 0 Å². The number of nitrogens with zero attached hydrogens (tertiary/aromatic N) is 1. The lowest BCUT2D eigenvalue weighted by atomic mass is 10.2. The Kier molecular flexibility index (Phi) is 9.02. The molecule has 35 heavy (non-hydrogen) atoms. The smallest absolute Gasteiger partial charge is 0.329 e. The van der Waals surface area contributed by atoms with Crippen LogP contribution in [0.15, 0.2) is 65.8 Å². The van der Waals surface area contributed by atoms with Crippen LogP contribution in [0.5, 0.6) is 17.2 Å². The number of carbonyl (C=O) groups is 2. The second-order valence-corrected chi connectivity index (χ2v) is 7.42. The highest BCUT2D eigenvalue weighted by Crippen LogP contribution is 2.30. The summed E-state index contributed by atoms with van der Waals surface area (Å²) in [4.78, 5) is 24.2. The van der Waals surface area contributed by atoms with Crippen molar-refractivity contribution in [1.29, 1.82) is 0 Å². The van der Waals surface area contributed by atoms with Crippen LogP contribution in [0.25, 0.3) is 0 Å². The predicted molar refractivity (Wildman–Crippen MR) is 131 cm³/mol. The molecule has 10 heteroatoms. The molecule has 0 atom stereocenters. The van der Waals surface area contributed by atoms with E-state index in [-0.39, 0.29) is 11.6 Å². The fourth-order valence-electron chi connectivity index (χ4n) is 2.93. The van der Waals surface area contributed by atoms with Gasteiger partial charge in [0.05, 0.1) is 30.6 Å². The summed E-state index contributed by atoms with van der Waals surface area (Å²) >= 11 is 6.05. The fraction of sp³-hybridized carbons (Fsp3) is 0.160. The summed E-state index contributed by atoms with van der Waals surface area (Å²) in [5.41, 5.74) is 3.74. The van der Waals surface area contributed by atoms with Crippen LogP contribution in [0.2, 0.25) is 5.02 Å². The molecular weight excluding hydrogens is 477 g/mol. The van der Waals surface area contributed by atoms with Gasteiger partial charge in [-0.3, -0.25) is 9.59 Å². The second-order valence-electron chi connectivity index (χ2n) is 7.02. The minimum absolute atomic E-state index is 0.115. The van der Waals surface area contributed by atoms with Crippen molar-refractivity contribution in [3.05, 3.63) is 82.6 Å². The number of hydrogen-bond acceptors (Lipinski definition) is 6. The molecule has 3 aromatic carbocycles. The van der Waals surface area contributed by atoms with Crippen LogP contribution in [-0.4, -0.2) is 31.7 Å². The van der Waals surface area contributed by atoms with E-state index in [1.54, 1.807) is 48.5 Å². The lowest BCUT2D eigenvalue weighted by molar-refractivity contribution is -0.136. The highest BCUT2D eigenvalue weighted by Gasteiger charge is 2.15. The Hall–Kier alpha value is -4.11. The van der Waals surface area contributed by atoms with Gasteiger partial charge in [0.1, 0.15) is 18.2 Å². The molecule has 0 bridgehead atoms. The van der Waals surface area contributed by atoms with Gasteiger partial charge in [-0.1, -0.05) is 29.8 Å². The summed E-state index contributed by atoms with van der Waals surface area (Å²) in [5, 5.41) is 6.55. The highest BCUT2D eigenvalue weighted by atomic mass is 35.5. The molecule has 8 nitrogen and oxygen atoms in total. The van der Waals surface area contributed by atoms with Crippen LogP contribution >= 0.6 is 11.6 Å². The molecule has 0 aliphatic heterocycles. The Bertz CT molecular complexity index is 1240. The Morgan fingerprint density at radius 2 is 1.80 bits per heavy atom. The largest absolute Gasteiger partial charge is 0.495 e. The number of hydrogen-bond donors (Lipinski definition) is 2. The topological polar surface area (TPSA) is 98.2 Å². The van der Waals surface area contributed by atoms with Crippen molar-refractivity contribution in [3.63, 3.8) is 0 Å². The first-order chi connectivity index (χ1) is 16.9. The molecule has 0 saturated carbocycles. The molecule has 0 aliphatic carbocycles. The first-order valence-electron chi connectivity index (χ1n) is 10.5. The molecular formula is C25H23ClFN3O5. The van der Waals surface area contributed by atoms with E-state index in [2.05, 4.69) is 15.8 Å². The highest BCUT2D eigenvalue weighted by molar-refractivity contribution is 6.39. The average molecular weight is 500 g/mol. The van der Waals surface area contributed by atoms with E-state index in [0.717, 1.165) is 0 Å². The van der Waals surface area contributed by atoms with Gasteiger partial charge in [0.25, 0.3) is 0 Å². The molecule has 182 valence electrons.